The minimum atomic E-state index is -0.331. The number of anilines is 1. The highest BCUT2D eigenvalue weighted by Crippen LogP contribution is 2.16. The molecule has 24 heavy (non-hydrogen) atoms. The summed E-state index contributed by atoms with van der Waals surface area (Å²) < 4.78 is 18.7. The van der Waals surface area contributed by atoms with Gasteiger partial charge in [0.25, 0.3) is 0 Å². The topological polar surface area (TPSA) is 50.4 Å². The molecule has 0 saturated carbocycles. The van der Waals surface area contributed by atoms with Gasteiger partial charge in [-0.2, -0.15) is 0 Å². The molecule has 1 unspecified atom stereocenters. The largest absolute Gasteiger partial charge is 0.489 e. The molecule has 1 amide bonds. The lowest BCUT2D eigenvalue weighted by Crippen LogP contribution is -2.28. The lowest BCUT2D eigenvalue weighted by Gasteiger charge is -2.12. The molecule has 0 heterocycles. The first-order valence-electron chi connectivity index (χ1n) is 7.51. The van der Waals surface area contributed by atoms with Crippen molar-refractivity contribution in [2.24, 2.45) is 5.92 Å². The minimum absolute atomic E-state index is 0. The van der Waals surface area contributed by atoms with Crippen LogP contribution in [0.1, 0.15) is 12.5 Å². The number of nitrogens with one attached hydrogen (secondary N) is 2. The third-order valence-electron chi connectivity index (χ3n) is 3.35. The summed E-state index contributed by atoms with van der Waals surface area (Å²) in [6.45, 7) is 2.79. The SMILES string of the molecule is CNCC(C)C(=O)Nc1cccc(COc2cccc(F)c2)c1.Cl. The number of amides is 1. The highest BCUT2D eigenvalue weighted by atomic mass is 35.5. The maximum absolute atomic E-state index is 13.1. The zero-order valence-corrected chi connectivity index (χ0v) is 14.5. The first kappa shape index (κ1) is 19.9. The van der Waals surface area contributed by atoms with Crippen molar-refractivity contribution in [3.8, 4) is 5.75 Å². The average Bonchev–Trinajstić information content (AvgIpc) is 2.53. The van der Waals surface area contributed by atoms with Crippen LogP contribution in [0.25, 0.3) is 0 Å². The van der Waals surface area contributed by atoms with Crippen LogP contribution < -0.4 is 15.4 Å². The van der Waals surface area contributed by atoms with Crippen LogP contribution in [0.2, 0.25) is 0 Å². The van der Waals surface area contributed by atoms with Gasteiger partial charge in [-0.3, -0.25) is 4.79 Å². The van der Waals surface area contributed by atoms with Crippen molar-refractivity contribution in [1.82, 2.24) is 5.32 Å². The van der Waals surface area contributed by atoms with Gasteiger partial charge in [-0.25, -0.2) is 4.39 Å². The molecule has 0 bridgehead atoms. The first-order chi connectivity index (χ1) is 11.1. The molecule has 0 aromatic heterocycles. The van der Waals surface area contributed by atoms with E-state index in [1.54, 1.807) is 12.1 Å². The molecule has 6 heteroatoms. The fourth-order valence-electron chi connectivity index (χ4n) is 2.13. The van der Waals surface area contributed by atoms with Gasteiger partial charge in [0.2, 0.25) is 5.91 Å². The lowest BCUT2D eigenvalue weighted by atomic mass is 10.1. The molecular weight excluding hydrogens is 331 g/mol. The maximum atomic E-state index is 13.1. The van der Waals surface area contributed by atoms with E-state index in [0.29, 0.717) is 18.9 Å². The zero-order valence-electron chi connectivity index (χ0n) is 13.7. The summed E-state index contributed by atoms with van der Waals surface area (Å²) in [6, 6.07) is 13.4. The van der Waals surface area contributed by atoms with Gasteiger partial charge in [0.1, 0.15) is 18.2 Å². The van der Waals surface area contributed by atoms with Crippen molar-refractivity contribution < 1.29 is 13.9 Å². The monoisotopic (exact) mass is 352 g/mol. The summed E-state index contributed by atoms with van der Waals surface area (Å²) in [5.74, 6) is -0.0149. The molecule has 1 atom stereocenters. The predicted molar refractivity (Wildman–Crippen MR) is 96.1 cm³/mol. The molecule has 2 N–H and O–H groups in total. The second kappa shape index (κ2) is 9.90. The van der Waals surface area contributed by atoms with Gasteiger partial charge in [-0.15, -0.1) is 12.4 Å². The van der Waals surface area contributed by atoms with E-state index in [0.717, 1.165) is 11.3 Å². The van der Waals surface area contributed by atoms with E-state index >= 15 is 0 Å². The molecular formula is C18H22ClFN2O2. The smallest absolute Gasteiger partial charge is 0.228 e. The summed E-state index contributed by atoms with van der Waals surface area (Å²) in [5, 5.41) is 5.86. The summed E-state index contributed by atoms with van der Waals surface area (Å²) in [6.07, 6.45) is 0. The molecule has 0 saturated heterocycles. The zero-order chi connectivity index (χ0) is 16.7. The van der Waals surface area contributed by atoms with E-state index in [1.165, 1.54) is 12.1 Å². The third kappa shape index (κ3) is 6.18. The van der Waals surface area contributed by atoms with Gasteiger partial charge >= 0.3 is 0 Å². The molecule has 0 spiro atoms. The van der Waals surface area contributed by atoms with Gasteiger partial charge in [0, 0.05) is 24.2 Å². The molecule has 0 aliphatic carbocycles. The van der Waals surface area contributed by atoms with Crippen LogP contribution in [0.4, 0.5) is 10.1 Å². The molecule has 0 radical (unpaired) electrons. The maximum Gasteiger partial charge on any atom is 0.228 e. The summed E-state index contributed by atoms with van der Waals surface area (Å²) in [4.78, 5) is 12.0. The van der Waals surface area contributed by atoms with Crippen LogP contribution in [0, 0.1) is 11.7 Å². The fourth-order valence-corrected chi connectivity index (χ4v) is 2.13. The normalized spacial score (nSPS) is 11.3. The Balaban J connectivity index is 0.00000288. The van der Waals surface area contributed by atoms with Gasteiger partial charge in [-0.05, 0) is 36.9 Å². The number of carbonyl (C=O) groups excluding carboxylic acids is 1. The number of benzene rings is 2. The highest BCUT2D eigenvalue weighted by molar-refractivity contribution is 5.92. The standard InChI is InChI=1S/C18H21FN2O2.ClH/c1-13(11-20-2)18(22)21-16-7-3-5-14(9-16)12-23-17-8-4-6-15(19)10-17;/h3-10,13,20H,11-12H2,1-2H3,(H,21,22);1H. The van der Waals surface area contributed by atoms with Crippen molar-refractivity contribution in [1.29, 1.82) is 0 Å². The van der Waals surface area contributed by atoms with E-state index in [-0.39, 0.29) is 30.0 Å². The molecule has 2 aromatic rings. The van der Waals surface area contributed by atoms with Gasteiger partial charge < -0.3 is 15.4 Å². The third-order valence-corrected chi connectivity index (χ3v) is 3.35. The Morgan fingerprint density at radius 1 is 1.21 bits per heavy atom. The molecule has 130 valence electrons. The van der Waals surface area contributed by atoms with Crippen LogP contribution in [0.5, 0.6) is 5.75 Å². The minimum Gasteiger partial charge on any atom is -0.489 e. The van der Waals surface area contributed by atoms with Crippen LogP contribution in [-0.2, 0) is 11.4 Å². The average molecular weight is 353 g/mol. The first-order valence-corrected chi connectivity index (χ1v) is 7.51. The van der Waals surface area contributed by atoms with Crippen molar-refractivity contribution >= 4 is 24.0 Å². The summed E-state index contributed by atoms with van der Waals surface area (Å²) in [5.41, 5.74) is 1.62. The van der Waals surface area contributed by atoms with E-state index in [4.69, 9.17) is 4.74 Å². The van der Waals surface area contributed by atoms with Crippen molar-refractivity contribution in [3.63, 3.8) is 0 Å². The van der Waals surface area contributed by atoms with Crippen LogP contribution in [-0.4, -0.2) is 19.5 Å². The van der Waals surface area contributed by atoms with Crippen LogP contribution in [0.15, 0.2) is 48.5 Å². The van der Waals surface area contributed by atoms with Crippen molar-refractivity contribution in [3.05, 3.63) is 59.9 Å². The molecule has 2 aromatic carbocycles. The molecule has 2 rings (SSSR count). The quantitative estimate of drug-likeness (QED) is 0.800. The molecule has 0 aliphatic heterocycles. The second-order valence-corrected chi connectivity index (χ2v) is 5.39. The Morgan fingerprint density at radius 2 is 1.96 bits per heavy atom. The molecule has 4 nitrogen and oxygen atoms in total. The summed E-state index contributed by atoms with van der Waals surface area (Å²) in [7, 11) is 1.81. The Bertz CT molecular complexity index is 667. The Hall–Kier alpha value is -2.11. The highest BCUT2D eigenvalue weighted by Gasteiger charge is 2.11. The summed E-state index contributed by atoms with van der Waals surface area (Å²) >= 11 is 0. The van der Waals surface area contributed by atoms with Crippen molar-refractivity contribution in [2.75, 3.05) is 18.9 Å². The number of ether oxygens (including phenoxy) is 1. The number of rotatable bonds is 7. The van der Waals surface area contributed by atoms with E-state index in [1.807, 2.05) is 38.2 Å². The van der Waals surface area contributed by atoms with Gasteiger partial charge in [0.05, 0.1) is 0 Å². The van der Waals surface area contributed by atoms with Gasteiger partial charge in [-0.1, -0.05) is 25.1 Å². The Kier molecular flexibility index (Phi) is 8.22. The predicted octanol–water partition coefficient (Wildman–Crippen LogP) is 3.62. The fraction of sp³-hybridized carbons (Fsp3) is 0.278. The van der Waals surface area contributed by atoms with E-state index < -0.39 is 0 Å². The Morgan fingerprint density at radius 3 is 2.67 bits per heavy atom. The van der Waals surface area contributed by atoms with Crippen LogP contribution in [0.3, 0.4) is 0 Å². The van der Waals surface area contributed by atoms with Crippen LogP contribution >= 0.6 is 12.4 Å². The number of hydrogen-bond acceptors (Lipinski definition) is 3. The number of carbonyl (C=O) groups is 1. The van der Waals surface area contributed by atoms with E-state index in [2.05, 4.69) is 10.6 Å². The Labute approximate surface area is 147 Å². The van der Waals surface area contributed by atoms with Crippen molar-refractivity contribution in [2.45, 2.75) is 13.5 Å². The van der Waals surface area contributed by atoms with Gasteiger partial charge in [0.15, 0.2) is 0 Å². The molecule has 0 aliphatic rings. The second-order valence-electron chi connectivity index (χ2n) is 5.39. The number of halogens is 2. The lowest BCUT2D eigenvalue weighted by molar-refractivity contribution is -0.119. The molecule has 0 fully saturated rings. The number of hydrogen-bond donors (Lipinski definition) is 2. The van der Waals surface area contributed by atoms with E-state index in [9.17, 15) is 9.18 Å².